The number of likely N-dealkylation sites (tertiary alicyclic amines) is 1. The highest BCUT2D eigenvalue weighted by Gasteiger charge is 2.33. The number of hydrogen-bond acceptors (Lipinski definition) is 4. The first-order valence-electron chi connectivity index (χ1n) is 6.93. The van der Waals surface area contributed by atoms with Crippen molar-refractivity contribution in [3.63, 3.8) is 0 Å². The second-order valence-electron chi connectivity index (χ2n) is 5.30. The minimum Gasteiger partial charge on any atom is -0.329 e. The summed E-state index contributed by atoms with van der Waals surface area (Å²) in [4.78, 5) is 25.8. The molecule has 1 fully saturated rings. The van der Waals surface area contributed by atoms with Gasteiger partial charge < -0.3 is 4.90 Å². The number of aromatic amines is 1. The van der Waals surface area contributed by atoms with Crippen LogP contribution >= 0.6 is 0 Å². The highest BCUT2D eigenvalue weighted by molar-refractivity contribution is 5.92. The molecule has 0 aromatic carbocycles. The number of carbonyl (C=O) groups excluding carboxylic acids is 1. The van der Waals surface area contributed by atoms with E-state index in [-0.39, 0.29) is 17.5 Å². The Kier molecular flexibility index (Phi) is 3.32. The molecular formula is C14H17N5O2. The van der Waals surface area contributed by atoms with Gasteiger partial charge in [0.05, 0.1) is 17.9 Å². The summed E-state index contributed by atoms with van der Waals surface area (Å²) in [6.45, 7) is 2.66. The van der Waals surface area contributed by atoms with Gasteiger partial charge in [-0.05, 0) is 31.4 Å². The van der Waals surface area contributed by atoms with Crippen molar-refractivity contribution in [1.82, 2.24) is 24.9 Å². The Morgan fingerprint density at radius 2 is 2.24 bits per heavy atom. The Hall–Kier alpha value is -2.44. The van der Waals surface area contributed by atoms with Gasteiger partial charge >= 0.3 is 0 Å². The van der Waals surface area contributed by atoms with Crippen LogP contribution < -0.4 is 5.56 Å². The zero-order valence-corrected chi connectivity index (χ0v) is 12.0. The molecule has 1 unspecified atom stereocenters. The van der Waals surface area contributed by atoms with Crippen LogP contribution in [0.4, 0.5) is 0 Å². The first-order valence-corrected chi connectivity index (χ1v) is 6.93. The van der Waals surface area contributed by atoms with Gasteiger partial charge in [0, 0.05) is 19.7 Å². The summed E-state index contributed by atoms with van der Waals surface area (Å²) in [7, 11) is 1.54. The number of carbonyl (C=O) groups is 1. The van der Waals surface area contributed by atoms with Crippen LogP contribution in [-0.4, -0.2) is 37.3 Å². The first-order chi connectivity index (χ1) is 10.1. The molecule has 0 bridgehead atoms. The van der Waals surface area contributed by atoms with Crippen molar-refractivity contribution >= 4 is 5.91 Å². The maximum atomic E-state index is 12.6. The second-order valence-corrected chi connectivity index (χ2v) is 5.30. The number of H-pyrrole nitrogens is 1. The molecule has 1 amide bonds. The van der Waals surface area contributed by atoms with Gasteiger partial charge in [0.1, 0.15) is 5.69 Å². The molecule has 110 valence electrons. The van der Waals surface area contributed by atoms with Gasteiger partial charge in [0.25, 0.3) is 11.5 Å². The van der Waals surface area contributed by atoms with E-state index >= 15 is 0 Å². The van der Waals surface area contributed by atoms with Crippen molar-refractivity contribution in [3.05, 3.63) is 45.6 Å². The number of hydrogen-bond donors (Lipinski definition) is 1. The lowest BCUT2D eigenvalue weighted by Gasteiger charge is -2.24. The lowest BCUT2D eigenvalue weighted by Crippen LogP contribution is -2.33. The van der Waals surface area contributed by atoms with Gasteiger partial charge in [-0.15, -0.1) is 0 Å². The van der Waals surface area contributed by atoms with E-state index in [0.29, 0.717) is 12.2 Å². The Morgan fingerprint density at radius 3 is 2.90 bits per heavy atom. The summed E-state index contributed by atoms with van der Waals surface area (Å²) < 4.78 is 1.18. The molecule has 3 rings (SSSR count). The smallest absolute Gasteiger partial charge is 0.274 e. The minimum atomic E-state index is -0.228. The number of rotatable bonds is 2. The van der Waals surface area contributed by atoms with Gasteiger partial charge in [-0.2, -0.15) is 10.2 Å². The Bertz CT molecular complexity index is 733. The van der Waals surface area contributed by atoms with Crippen LogP contribution in [0.15, 0.2) is 23.1 Å². The second kappa shape index (κ2) is 5.16. The van der Waals surface area contributed by atoms with Crippen molar-refractivity contribution < 1.29 is 4.79 Å². The zero-order chi connectivity index (χ0) is 15.0. The van der Waals surface area contributed by atoms with Gasteiger partial charge in [0.2, 0.25) is 0 Å². The predicted molar refractivity (Wildman–Crippen MR) is 75.8 cm³/mol. The summed E-state index contributed by atoms with van der Waals surface area (Å²) in [5.41, 5.74) is 2.09. The normalized spacial score (nSPS) is 18.2. The van der Waals surface area contributed by atoms with Crippen molar-refractivity contribution in [2.45, 2.75) is 25.8 Å². The molecule has 1 saturated heterocycles. The van der Waals surface area contributed by atoms with Crippen LogP contribution in [0, 0.1) is 6.92 Å². The summed E-state index contributed by atoms with van der Waals surface area (Å²) in [5, 5.41) is 11.1. The number of nitrogens with zero attached hydrogens (tertiary/aromatic N) is 4. The highest BCUT2D eigenvalue weighted by Crippen LogP contribution is 2.33. The number of nitrogens with one attached hydrogen (secondary N) is 1. The van der Waals surface area contributed by atoms with Crippen LogP contribution in [-0.2, 0) is 7.05 Å². The van der Waals surface area contributed by atoms with E-state index in [9.17, 15) is 9.59 Å². The SMILES string of the molecule is Cc1cn[nH]c1C1CCCN1C(=O)c1ccc(=O)n(C)n1. The van der Waals surface area contributed by atoms with E-state index < -0.39 is 0 Å². The molecule has 0 aliphatic carbocycles. The Balaban J connectivity index is 1.91. The average molecular weight is 287 g/mol. The summed E-state index contributed by atoms with van der Waals surface area (Å²) in [6.07, 6.45) is 3.61. The minimum absolute atomic E-state index is 0.000894. The molecule has 1 N–H and O–H groups in total. The number of aromatic nitrogens is 4. The Labute approximate surface area is 121 Å². The maximum Gasteiger partial charge on any atom is 0.274 e. The van der Waals surface area contributed by atoms with Gasteiger partial charge in [-0.1, -0.05) is 0 Å². The molecule has 7 nitrogen and oxygen atoms in total. The van der Waals surface area contributed by atoms with Crippen LogP contribution in [0.5, 0.6) is 0 Å². The van der Waals surface area contributed by atoms with E-state index in [2.05, 4.69) is 15.3 Å². The molecule has 21 heavy (non-hydrogen) atoms. The maximum absolute atomic E-state index is 12.6. The molecule has 2 aromatic heterocycles. The fourth-order valence-corrected chi connectivity index (χ4v) is 2.77. The van der Waals surface area contributed by atoms with Crippen LogP contribution in [0.3, 0.4) is 0 Å². The summed E-state index contributed by atoms with van der Waals surface area (Å²) >= 11 is 0. The first kappa shape index (κ1) is 13.5. The number of amides is 1. The largest absolute Gasteiger partial charge is 0.329 e. The van der Waals surface area contributed by atoms with Crippen molar-refractivity contribution in [1.29, 1.82) is 0 Å². The van der Waals surface area contributed by atoms with E-state index in [1.807, 2.05) is 6.92 Å². The summed E-state index contributed by atoms with van der Waals surface area (Å²) in [6, 6.07) is 2.85. The van der Waals surface area contributed by atoms with Crippen molar-refractivity contribution in [3.8, 4) is 0 Å². The van der Waals surface area contributed by atoms with Crippen molar-refractivity contribution in [2.24, 2.45) is 7.05 Å². The van der Waals surface area contributed by atoms with E-state index in [0.717, 1.165) is 24.1 Å². The van der Waals surface area contributed by atoms with Crippen LogP contribution in [0.2, 0.25) is 0 Å². The monoisotopic (exact) mass is 287 g/mol. The van der Waals surface area contributed by atoms with Crippen molar-refractivity contribution in [2.75, 3.05) is 6.54 Å². The van der Waals surface area contributed by atoms with Gasteiger partial charge in [-0.25, -0.2) is 4.68 Å². The topological polar surface area (TPSA) is 83.9 Å². The predicted octanol–water partition coefficient (Wildman–Crippen LogP) is 0.789. The van der Waals surface area contributed by atoms with E-state index in [1.165, 1.54) is 16.8 Å². The van der Waals surface area contributed by atoms with E-state index in [1.54, 1.807) is 18.1 Å². The molecule has 1 atom stereocenters. The van der Waals surface area contributed by atoms with Crippen LogP contribution in [0.1, 0.15) is 40.6 Å². The molecule has 1 aliphatic rings. The molecule has 1 aliphatic heterocycles. The third kappa shape index (κ3) is 2.35. The molecular weight excluding hydrogens is 270 g/mol. The number of aryl methyl sites for hydroxylation is 2. The quantitative estimate of drug-likeness (QED) is 0.885. The Morgan fingerprint density at radius 1 is 1.43 bits per heavy atom. The summed E-state index contributed by atoms with van der Waals surface area (Å²) in [5.74, 6) is -0.151. The van der Waals surface area contributed by atoms with Crippen LogP contribution in [0.25, 0.3) is 0 Å². The third-order valence-electron chi connectivity index (χ3n) is 3.89. The average Bonchev–Trinajstić information content (AvgIpc) is 3.09. The standard InChI is InChI=1S/C14H17N5O2/c1-9-8-15-16-13(9)11-4-3-7-19(11)14(21)10-5-6-12(20)18(2)17-10/h5-6,8,11H,3-4,7H2,1-2H3,(H,15,16). The lowest BCUT2D eigenvalue weighted by atomic mass is 10.1. The molecule has 3 heterocycles. The molecule has 0 spiro atoms. The molecule has 7 heteroatoms. The van der Waals surface area contributed by atoms with Gasteiger partial charge in [0.15, 0.2) is 0 Å². The molecule has 2 aromatic rings. The lowest BCUT2D eigenvalue weighted by molar-refractivity contribution is 0.0724. The molecule has 0 saturated carbocycles. The van der Waals surface area contributed by atoms with Gasteiger partial charge in [-0.3, -0.25) is 14.7 Å². The molecule has 0 radical (unpaired) electrons. The zero-order valence-electron chi connectivity index (χ0n) is 12.0. The third-order valence-corrected chi connectivity index (χ3v) is 3.89. The fraction of sp³-hybridized carbons (Fsp3) is 0.429. The fourth-order valence-electron chi connectivity index (χ4n) is 2.77. The highest BCUT2D eigenvalue weighted by atomic mass is 16.2. The van der Waals surface area contributed by atoms with E-state index in [4.69, 9.17) is 0 Å².